The highest BCUT2D eigenvalue weighted by molar-refractivity contribution is 9.10. The highest BCUT2D eigenvalue weighted by Gasteiger charge is 2.24. The Bertz CT molecular complexity index is 434. The highest BCUT2D eigenvalue weighted by atomic mass is 79.9. The summed E-state index contributed by atoms with van der Waals surface area (Å²) in [6, 6.07) is 6.41. The normalized spacial score (nSPS) is 13.8. The largest absolute Gasteiger partial charge is 0.330 e. The highest BCUT2D eigenvalue weighted by Crippen LogP contribution is 2.31. The second kappa shape index (κ2) is 7.79. The monoisotopic (exact) mass is 360 g/mol. The van der Waals surface area contributed by atoms with E-state index in [9.17, 15) is 0 Å². The Morgan fingerprint density at radius 3 is 2.55 bits per heavy atom. The summed E-state index contributed by atoms with van der Waals surface area (Å²) >= 11 is 9.85. The summed E-state index contributed by atoms with van der Waals surface area (Å²) in [4.78, 5) is 2.47. The van der Waals surface area contributed by atoms with E-state index in [1.165, 1.54) is 5.56 Å². The molecule has 0 bridgehead atoms. The third kappa shape index (κ3) is 5.03. The van der Waals surface area contributed by atoms with Crippen LogP contribution < -0.4 is 5.73 Å². The fourth-order valence-electron chi connectivity index (χ4n) is 2.35. The lowest BCUT2D eigenvalue weighted by Crippen LogP contribution is -2.40. The first-order chi connectivity index (χ1) is 9.30. The van der Waals surface area contributed by atoms with E-state index in [-0.39, 0.29) is 5.41 Å². The molecule has 0 saturated carbocycles. The molecule has 2 nitrogen and oxygen atoms in total. The quantitative estimate of drug-likeness (QED) is 0.751. The van der Waals surface area contributed by atoms with E-state index in [1.54, 1.807) is 0 Å². The van der Waals surface area contributed by atoms with Crippen molar-refractivity contribution in [2.75, 3.05) is 19.6 Å². The van der Waals surface area contributed by atoms with E-state index >= 15 is 0 Å². The third-order valence-electron chi connectivity index (χ3n) is 3.65. The zero-order valence-corrected chi connectivity index (χ0v) is 15.3. The van der Waals surface area contributed by atoms with Crippen LogP contribution in [0.25, 0.3) is 0 Å². The van der Waals surface area contributed by atoms with Crippen LogP contribution >= 0.6 is 27.5 Å². The van der Waals surface area contributed by atoms with Crippen LogP contribution in [0.5, 0.6) is 0 Å². The van der Waals surface area contributed by atoms with Crippen molar-refractivity contribution < 1.29 is 0 Å². The van der Waals surface area contributed by atoms with Crippen molar-refractivity contribution in [2.45, 2.75) is 40.2 Å². The summed E-state index contributed by atoms with van der Waals surface area (Å²) in [5.41, 5.74) is 7.17. The van der Waals surface area contributed by atoms with Gasteiger partial charge in [0, 0.05) is 22.1 Å². The Morgan fingerprint density at radius 1 is 1.40 bits per heavy atom. The summed E-state index contributed by atoms with van der Waals surface area (Å²) < 4.78 is 1.02. The van der Waals surface area contributed by atoms with Crippen molar-refractivity contribution in [2.24, 2.45) is 11.1 Å². The van der Waals surface area contributed by atoms with Crippen molar-refractivity contribution in [3.05, 3.63) is 33.3 Å². The van der Waals surface area contributed by atoms with E-state index in [4.69, 9.17) is 17.3 Å². The predicted octanol–water partition coefficient (Wildman–Crippen LogP) is 4.86. The topological polar surface area (TPSA) is 29.3 Å². The van der Waals surface area contributed by atoms with Gasteiger partial charge in [0.15, 0.2) is 0 Å². The molecule has 0 spiro atoms. The van der Waals surface area contributed by atoms with Crippen LogP contribution in [-0.2, 0) is 0 Å². The zero-order chi connectivity index (χ0) is 15.3. The molecule has 0 aliphatic carbocycles. The van der Waals surface area contributed by atoms with Crippen LogP contribution in [0.3, 0.4) is 0 Å². The first kappa shape index (κ1) is 18.0. The Kier molecular flexibility index (Phi) is 6.99. The van der Waals surface area contributed by atoms with Crippen LogP contribution in [0.2, 0.25) is 5.02 Å². The minimum absolute atomic E-state index is 0.116. The molecule has 0 aliphatic rings. The minimum atomic E-state index is 0.116. The fourth-order valence-corrected chi connectivity index (χ4v) is 3.18. The van der Waals surface area contributed by atoms with Gasteiger partial charge in [-0.1, -0.05) is 54.4 Å². The summed E-state index contributed by atoms with van der Waals surface area (Å²) in [5.74, 6) is 0. The van der Waals surface area contributed by atoms with Crippen molar-refractivity contribution in [1.82, 2.24) is 4.90 Å². The summed E-state index contributed by atoms with van der Waals surface area (Å²) in [5, 5.41) is 0.818. The maximum atomic E-state index is 6.39. The Hall–Kier alpha value is -0.0900. The van der Waals surface area contributed by atoms with Gasteiger partial charge in [-0.25, -0.2) is 0 Å². The van der Waals surface area contributed by atoms with Gasteiger partial charge < -0.3 is 5.73 Å². The van der Waals surface area contributed by atoms with Crippen molar-refractivity contribution in [3.8, 4) is 0 Å². The van der Waals surface area contributed by atoms with Gasteiger partial charge in [0.05, 0.1) is 0 Å². The molecule has 0 fully saturated rings. The van der Waals surface area contributed by atoms with Crippen molar-refractivity contribution in [3.63, 3.8) is 0 Å². The van der Waals surface area contributed by atoms with E-state index in [1.807, 2.05) is 6.07 Å². The molecule has 1 atom stereocenters. The maximum Gasteiger partial charge on any atom is 0.0464 e. The maximum absolute atomic E-state index is 6.39. The number of rotatable bonds is 7. The number of hydrogen-bond donors (Lipinski definition) is 1. The van der Waals surface area contributed by atoms with Gasteiger partial charge in [-0.15, -0.1) is 0 Å². The van der Waals surface area contributed by atoms with Crippen LogP contribution in [0.4, 0.5) is 0 Å². The number of hydrogen-bond acceptors (Lipinski definition) is 2. The first-order valence-corrected chi connectivity index (χ1v) is 8.37. The number of nitrogens with zero attached hydrogens (tertiary/aromatic N) is 1. The molecule has 0 saturated heterocycles. The van der Waals surface area contributed by atoms with Gasteiger partial charge in [0.2, 0.25) is 0 Å². The van der Waals surface area contributed by atoms with Crippen LogP contribution in [0, 0.1) is 5.41 Å². The molecule has 0 radical (unpaired) electrons. The number of benzene rings is 1. The summed E-state index contributed by atoms with van der Waals surface area (Å²) in [6.45, 7) is 11.6. The van der Waals surface area contributed by atoms with Crippen LogP contribution in [0.1, 0.15) is 45.7 Å². The Balaban J connectivity index is 2.95. The summed E-state index contributed by atoms with van der Waals surface area (Å²) in [7, 11) is 0. The molecule has 0 aromatic heterocycles. The molecular weight excluding hydrogens is 336 g/mol. The molecule has 114 valence electrons. The number of halogens is 2. The second-order valence-electron chi connectivity index (χ2n) is 6.18. The lowest BCUT2D eigenvalue weighted by Gasteiger charge is -2.36. The molecule has 1 aromatic carbocycles. The second-order valence-corrected chi connectivity index (χ2v) is 7.50. The molecule has 2 N–H and O–H groups in total. The van der Waals surface area contributed by atoms with Crippen molar-refractivity contribution in [1.29, 1.82) is 0 Å². The van der Waals surface area contributed by atoms with E-state index in [0.717, 1.165) is 29.0 Å². The van der Waals surface area contributed by atoms with Crippen LogP contribution in [0.15, 0.2) is 22.7 Å². The standard InChI is InChI=1S/C16H26BrClN2/c1-5-8-20(11-16(3,4)10-19)12(2)14-7-6-13(17)9-15(14)18/h6-7,9,12H,5,8,10-11,19H2,1-4H3. The van der Waals surface area contributed by atoms with E-state index < -0.39 is 0 Å². The van der Waals surface area contributed by atoms with Gasteiger partial charge >= 0.3 is 0 Å². The lowest BCUT2D eigenvalue weighted by atomic mass is 9.91. The molecule has 0 heterocycles. The molecule has 1 aromatic rings. The Morgan fingerprint density at radius 2 is 2.05 bits per heavy atom. The van der Waals surface area contributed by atoms with Gasteiger partial charge in [-0.05, 0) is 49.5 Å². The average molecular weight is 362 g/mol. The van der Waals surface area contributed by atoms with Crippen molar-refractivity contribution >= 4 is 27.5 Å². The smallest absolute Gasteiger partial charge is 0.0464 e. The molecule has 20 heavy (non-hydrogen) atoms. The zero-order valence-electron chi connectivity index (χ0n) is 12.9. The van der Waals surface area contributed by atoms with E-state index in [0.29, 0.717) is 12.6 Å². The van der Waals surface area contributed by atoms with Gasteiger partial charge in [0.25, 0.3) is 0 Å². The average Bonchev–Trinajstić information content (AvgIpc) is 2.37. The fraction of sp³-hybridized carbons (Fsp3) is 0.625. The molecule has 1 rings (SSSR count). The van der Waals surface area contributed by atoms with E-state index in [2.05, 4.69) is 60.7 Å². The molecule has 0 amide bonds. The lowest BCUT2D eigenvalue weighted by molar-refractivity contribution is 0.140. The minimum Gasteiger partial charge on any atom is -0.330 e. The number of nitrogens with two attached hydrogens (primary N) is 1. The Labute approximate surface area is 136 Å². The van der Waals surface area contributed by atoms with Gasteiger partial charge in [-0.2, -0.15) is 0 Å². The molecule has 4 heteroatoms. The molecule has 0 aliphatic heterocycles. The van der Waals surface area contributed by atoms with Crippen LogP contribution in [-0.4, -0.2) is 24.5 Å². The SMILES string of the molecule is CCCN(CC(C)(C)CN)C(C)c1ccc(Br)cc1Cl. The molecular formula is C16H26BrClN2. The summed E-state index contributed by atoms with van der Waals surface area (Å²) in [6.07, 6.45) is 1.12. The third-order valence-corrected chi connectivity index (χ3v) is 4.48. The first-order valence-electron chi connectivity index (χ1n) is 7.20. The predicted molar refractivity (Wildman–Crippen MR) is 92.3 cm³/mol. The molecule has 1 unspecified atom stereocenters. The van der Waals surface area contributed by atoms with Gasteiger partial charge in [0.1, 0.15) is 0 Å². The van der Waals surface area contributed by atoms with Gasteiger partial charge in [-0.3, -0.25) is 4.90 Å².